The largest absolute Gasteiger partial charge is 0.497 e. The number of hydrogen-bond acceptors (Lipinski definition) is 5. The van der Waals surface area contributed by atoms with Gasteiger partial charge in [-0.15, -0.1) is 0 Å². The lowest BCUT2D eigenvalue weighted by atomic mass is 10.1. The second-order valence-electron chi connectivity index (χ2n) is 3.85. The molecule has 1 aromatic carbocycles. The molecule has 0 bridgehead atoms. The molecule has 1 aliphatic rings. The molecular weight excluding hydrogens is 282 g/mol. The molecule has 1 fully saturated rings. The van der Waals surface area contributed by atoms with Crippen LogP contribution < -0.4 is 9.47 Å². The molecule has 1 aromatic rings. The first-order chi connectivity index (χ1) is 9.06. The Morgan fingerprint density at radius 3 is 2.58 bits per heavy atom. The van der Waals surface area contributed by atoms with Crippen LogP contribution in [0.25, 0.3) is 6.08 Å². The van der Waals surface area contributed by atoms with Gasteiger partial charge in [0, 0.05) is 18.7 Å². The number of thioether (sulfide) groups is 1. The van der Waals surface area contributed by atoms with Crippen LogP contribution >= 0.6 is 24.0 Å². The lowest BCUT2D eigenvalue weighted by Crippen LogP contribution is -2.22. The predicted molar refractivity (Wildman–Crippen MR) is 80.5 cm³/mol. The van der Waals surface area contributed by atoms with E-state index in [1.54, 1.807) is 33.4 Å². The number of methoxy groups -OCH3 is 2. The molecule has 1 aliphatic heterocycles. The van der Waals surface area contributed by atoms with Gasteiger partial charge in [-0.1, -0.05) is 24.0 Å². The van der Waals surface area contributed by atoms with Gasteiger partial charge in [0.15, 0.2) is 0 Å². The minimum absolute atomic E-state index is 0.0899. The Bertz CT molecular complexity index is 569. The molecule has 0 N–H and O–H groups in total. The average molecular weight is 295 g/mol. The number of benzene rings is 1. The molecule has 0 aromatic heterocycles. The van der Waals surface area contributed by atoms with Crippen molar-refractivity contribution in [3.05, 3.63) is 28.7 Å². The Balaban J connectivity index is 2.38. The van der Waals surface area contributed by atoms with Gasteiger partial charge < -0.3 is 9.47 Å². The van der Waals surface area contributed by atoms with E-state index in [1.165, 1.54) is 16.7 Å². The van der Waals surface area contributed by atoms with E-state index in [0.29, 0.717) is 20.7 Å². The highest BCUT2D eigenvalue weighted by Crippen LogP contribution is 2.34. The predicted octanol–water partition coefficient (Wildman–Crippen LogP) is 2.53. The van der Waals surface area contributed by atoms with Crippen LogP contribution in [0.15, 0.2) is 23.1 Å². The zero-order chi connectivity index (χ0) is 14.0. The summed E-state index contributed by atoms with van der Waals surface area (Å²) in [5.74, 6) is 1.27. The Morgan fingerprint density at radius 1 is 1.32 bits per heavy atom. The van der Waals surface area contributed by atoms with E-state index in [0.717, 1.165) is 5.56 Å². The van der Waals surface area contributed by atoms with E-state index in [9.17, 15) is 4.79 Å². The zero-order valence-electron chi connectivity index (χ0n) is 10.8. The van der Waals surface area contributed by atoms with Crippen molar-refractivity contribution in [2.75, 3.05) is 21.3 Å². The molecule has 1 heterocycles. The molecule has 1 amide bonds. The first kappa shape index (κ1) is 13.9. The van der Waals surface area contributed by atoms with Crippen molar-refractivity contribution < 1.29 is 14.3 Å². The maximum Gasteiger partial charge on any atom is 0.265 e. The second-order valence-corrected chi connectivity index (χ2v) is 5.52. The monoisotopic (exact) mass is 295 g/mol. The molecule has 2 rings (SSSR count). The Labute approximate surface area is 121 Å². The van der Waals surface area contributed by atoms with Crippen molar-refractivity contribution in [3.63, 3.8) is 0 Å². The molecule has 0 atom stereocenters. The van der Waals surface area contributed by atoms with Gasteiger partial charge in [-0.05, 0) is 18.2 Å². The van der Waals surface area contributed by atoms with E-state index < -0.39 is 0 Å². The van der Waals surface area contributed by atoms with Crippen molar-refractivity contribution in [2.45, 2.75) is 0 Å². The van der Waals surface area contributed by atoms with Gasteiger partial charge in [0.05, 0.1) is 19.1 Å². The standard InChI is InChI=1S/C13H13NO3S2/c1-14-12(15)11(19-13(14)18)6-8-4-5-9(16-2)7-10(8)17-3/h4-7H,1-3H3. The molecule has 1 saturated heterocycles. The van der Waals surface area contributed by atoms with Crippen molar-refractivity contribution >= 4 is 40.3 Å². The molecule has 0 aliphatic carbocycles. The number of hydrogen-bond donors (Lipinski definition) is 0. The molecule has 100 valence electrons. The van der Waals surface area contributed by atoms with Gasteiger partial charge in [0.25, 0.3) is 5.91 Å². The summed E-state index contributed by atoms with van der Waals surface area (Å²) in [6.07, 6.45) is 1.78. The van der Waals surface area contributed by atoms with Crippen LogP contribution in [0.2, 0.25) is 0 Å². The highest BCUT2D eigenvalue weighted by molar-refractivity contribution is 8.26. The van der Waals surface area contributed by atoms with Crippen LogP contribution in [0, 0.1) is 0 Å². The number of carbonyl (C=O) groups excluding carboxylic acids is 1. The van der Waals surface area contributed by atoms with Crippen LogP contribution in [0.1, 0.15) is 5.56 Å². The lowest BCUT2D eigenvalue weighted by molar-refractivity contribution is -0.121. The summed E-state index contributed by atoms with van der Waals surface area (Å²) >= 11 is 6.38. The average Bonchev–Trinajstić information content (AvgIpc) is 2.67. The van der Waals surface area contributed by atoms with Crippen LogP contribution in [-0.4, -0.2) is 36.4 Å². The third kappa shape index (κ3) is 2.74. The fourth-order valence-electron chi connectivity index (χ4n) is 1.62. The number of carbonyl (C=O) groups is 1. The topological polar surface area (TPSA) is 38.8 Å². The van der Waals surface area contributed by atoms with Gasteiger partial charge in [-0.25, -0.2) is 0 Å². The number of rotatable bonds is 3. The number of nitrogens with zero attached hydrogens (tertiary/aromatic N) is 1. The first-order valence-corrected chi connectivity index (χ1v) is 6.73. The highest BCUT2D eigenvalue weighted by Gasteiger charge is 2.28. The molecule has 6 heteroatoms. The summed E-state index contributed by atoms with van der Waals surface area (Å²) in [6.45, 7) is 0. The van der Waals surface area contributed by atoms with Gasteiger partial charge in [-0.2, -0.15) is 0 Å². The van der Waals surface area contributed by atoms with Crippen molar-refractivity contribution in [1.29, 1.82) is 0 Å². The summed E-state index contributed by atoms with van der Waals surface area (Å²) < 4.78 is 11.0. The van der Waals surface area contributed by atoms with Crippen molar-refractivity contribution in [3.8, 4) is 11.5 Å². The SMILES string of the molecule is COc1ccc(C=C2SC(=S)N(C)C2=O)c(OC)c1. The zero-order valence-corrected chi connectivity index (χ0v) is 12.4. The third-order valence-corrected chi connectivity index (χ3v) is 4.20. The van der Waals surface area contributed by atoms with Crippen molar-refractivity contribution in [2.24, 2.45) is 0 Å². The normalized spacial score (nSPS) is 17.2. The van der Waals surface area contributed by atoms with Crippen molar-refractivity contribution in [1.82, 2.24) is 4.90 Å². The fraction of sp³-hybridized carbons (Fsp3) is 0.231. The lowest BCUT2D eigenvalue weighted by Gasteiger charge is -2.08. The molecule has 0 unspecified atom stereocenters. The van der Waals surface area contributed by atoms with Gasteiger partial charge in [-0.3, -0.25) is 9.69 Å². The summed E-state index contributed by atoms with van der Waals surface area (Å²) in [6, 6.07) is 5.44. The number of ether oxygens (including phenoxy) is 2. The molecule has 0 radical (unpaired) electrons. The molecular formula is C13H13NO3S2. The van der Waals surface area contributed by atoms with Crippen LogP contribution in [0.5, 0.6) is 11.5 Å². The summed E-state index contributed by atoms with van der Waals surface area (Å²) in [5, 5.41) is 0. The van der Waals surface area contributed by atoms with Gasteiger partial charge in [0.2, 0.25) is 0 Å². The smallest absolute Gasteiger partial charge is 0.265 e. The van der Waals surface area contributed by atoms with E-state index in [-0.39, 0.29) is 5.91 Å². The number of amides is 1. The van der Waals surface area contributed by atoms with Gasteiger partial charge in [0.1, 0.15) is 15.8 Å². The van der Waals surface area contributed by atoms with Crippen LogP contribution in [0.4, 0.5) is 0 Å². The van der Waals surface area contributed by atoms with E-state index in [1.807, 2.05) is 12.1 Å². The number of likely N-dealkylation sites (N-methyl/N-ethyl adjacent to an activating group) is 1. The summed E-state index contributed by atoms with van der Waals surface area (Å²) in [5.41, 5.74) is 0.817. The molecule has 0 spiro atoms. The third-order valence-electron chi connectivity index (χ3n) is 2.71. The minimum Gasteiger partial charge on any atom is -0.497 e. The van der Waals surface area contributed by atoms with Gasteiger partial charge >= 0.3 is 0 Å². The fourth-order valence-corrected chi connectivity index (χ4v) is 2.79. The Kier molecular flexibility index (Phi) is 4.11. The highest BCUT2D eigenvalue weighted by atomic mass is 32.2. The first-order valence-electron chi connectivity index (χ1n) is 5.50. The molecule has 19 heavy (non-hydrogen) atoms. The quantitative estimate of drug-likeness (QED) is 0.633. The van der Waals surface area contributed by atoms with E-state index in [2.05, 4.69) is 0 Å². The van der Waals surface area contributed by atoms with E-state index >= 15 is 0 Å². The number of thiocarbonyl (C=S) groups is 1. The molecule has 4 nitrogen and oxygen atoms in total. The second kappa shape index (κ2) is 5.63. The Morgan fingerprint density at radius 2 is 2.05 bits per heavy atom. The Hall–Kier alpha value is -1.53. The maximum absolute atomic E-state index is 11.9. The van der Waals surface area contributed by atoms with Crippen LogP contribution in [0.3, 0.4) is 0 Å². The minimum atomic E-state index is -0.0899. The summed E-state index contributed by atoms with van der Waals surface area (Å²) in [7, 11) is 4.84. The maximum atomic E-state index is 11.9. The molecule has 0 saturated carbocycles. The summed E-state index contributed by atoms with van der Waals surface area (Å²) in [4.78, 5) is 14.0. The van der Waals surface area contributed by atoms with Crippen LogP contribution in [-0.2, 0) is 4.79 Å². The van der Waals surface area contributed by atoms with E-state index in [4.69, 9.17) is 21.7 Å².